The maximum atomic E-state index is 10.8. The van der Waals surface area contributed by atoms with E-state index in [1.165, 1.54) is 17.0 Å². The van der Waals surface area contributed by atoms with Gasteiger partial charge in [0, 0.05) is 43.2 Å². The summed E-state index contributed by atoms with van der Waals surface area (Å²) in [6.07, 6.45) is 0. The highest BCUT2D eigenvalue weighted by Crippen LogP contribution is 2.12. The molecule has 28 heavy (non-hydrogen) atoms. The van der Waals surface area contributed by atoms with Crippen LogP contribution in [-0.2, 0) is 17.8 Å². The van der Waals surface area contributed by atoms with Crippen molar-refractivity contribution in [1.29, 1.82) is 0 Å². The van der Waals surface area contributed by atoms with Gasteiger partial charge in [0.25, 0.3) is 5.69 Å². The van der Waals surface area contributed by atoms with E-state index in [0.29, 0.717) is 13.1 Å². The lowest BCUT2D eigenvalue weighted by molar-refractivity contribution is -0.384. The number of benzene rings is 1. The predicted molar refractivity (Wildman–Crippen MR) is 111 cm³/mol. The number of thiophene rings is 1. The summed E-state index contributed by atoms with van der Waals surface area (Å²) in [5, 5.41) is 19.6. The van der Waals surface area contributed by atoms with Gasteiger partial charge in [-0.1, -0.05) is 18.2 Å². The molecule has 2 aromatic rings. The van der Waals surface area contributed by atoms with Gasteiger partial charge in [0.05, 0.1) is 31.2 Å². The molecule has 0 radical (unpaired) electrons. The number of hydrogen-bond donors (Lipinski definition) is 2. The molecular weight excluding hydrogens is 378 g/mol. The van der Waals surface area contributed by atoms with Crippen molar-refractivity contribution in [1.82, 2.24) is 15.5 Å². The Kier molecular flexibility index (Phi) is 7.77. The standard InChI is InChI=1S/C19H25N5O3S/c25-24(26)17-5-3-16(4-6-17)14-21-19(22-15-18-2-1-13-28-18)20-7-8-23-9-11-27-12-10-23/h1-6,13H,7-12,14-15H2,(H2,20,21,22). The van der Waals surface area contributed by atoms with Crippen molar-refractivity contribution < 1.29 is 9.66 Å². The fraction of sp³-hybridized carbons (Fsp3) is 0.421. The highest BCUT2D eigenvalue weighted by molar-refractivity contribution is 7.09. The number of non-ortho nitro benzene ring substituents is 1. The molecule has 0 saturated carbocycles. The minimum absolute atomic E-state index is 0.0902. The van der Waals surface area contributed by atoms with Crippen molar-refractivity contribution in [2.75, 3.05) is 39.4 Å². The summed E-state index contributed by atoms with van der Waals surface area (Å²) in [5.74, 6) is 0.736. The first kappa shape index (κ1) is 20.2. The van der Waals surface area contributed by atoms with Gasteiger partial charge in [-0.05, 0) is 17.0 Å². The average molecular weight is 404 g/mol. The van der Waals surface area contributed by atoms with E-state index in [-0.39, 0.29) is 5.69 Å². The molecule has 2 N–H and O–H groups in total. The van der Waals surface area contributed by atoms with Crippen LogP contribution in [0.1, 0.15) is 10.4 Å². The van der Waals surface area contributed by atoms with Gasteiger partial charge in [-0.25, -0.2) is 4.99 Å². The van der Waals surface area contributed by atoms with Crippen LogP contribution in [0.2, 0.25) is 0 Å². The fourth-order valence-corrected chi connectivity index (χ4v) is 3.45. The van der Waals surface area contributed by atoms with E-state index in [1.54, 1.807) is 23.5 Å². The van der Waals surface area contributed by atoms with Crippen molar-refractivity contribution in [2.24, 2.45) is 4.99 Å². The van der Waals surface area contributed by atoms with E-state index in [2.05, 4.69) is 32.0 Å². The van der Waals surface area contributed by atoms with Crippen LogP contribution in [0.15, 0.2) is 46.8 Å². The Hall–Kier alpha value is -2.49. The molecule has 150 valence electrons. The van der Waals surface area contributed by atoms with Crippen LogP contribution in [-0.4, -0.2) is 55.2 Å². The molecule has 0 unspecified atom stereocenters. The summed E-state index contributed by atoms with van der Waals surface area (Å²) in [5.41, 5.74) is 1.02. The molecule has 0 spiro atoms. The maximum absolute atomic E-state index is 10.8. The average Bonchev–Trinajstić information content (AvgIpc) is 3.24. The van der Waals surface area contributed by atoms with Gasteiger partial charge in [0.1, 0.15) is 0 Å². The van der Waals surface area contributed by atoms with Gasteiger partial charge in [0.15, 0.2) is 5.96 Å². The molecular formula is C19H25N5O3S. The third-order valence-electron chi connectivity index (χ3n) is 4.40. The Morgan fingerprint density at radius 3 is 2.68 bits per heavy atom. The Balaban J connectivity index is 1.55. The molecule has 0 aliphatic carbocycles. The number of rotatable bonds is 8. The Morgan fingerprint density at radius 2 is 2.00 bits per heavy atom. The molecule has 3 rings (SSSR count). The zero-order valence-electron chi connectivity index (χ0n) is 15.7. The molecule has 0 atom stereocenters. The second-order valence-electron chi connectivity index (χ2n) is 6.40. The third-order valence-corrected chi connectivity index (χ3v) is 5.28. The van der Waals surface area contributed by atoms with Crippen LogP contribution in [0.4, 0.5) is 5.69 Å². The third kappa shape index (κ3) is 6.59. The van der Waals surface area contributed by atoms with Crippen LogP contribution in [0.5, 0.6) is 0 Å². The van der Waals surface area contributed by atoms with Crippen LogP contribution >= 0.6 is 11.3 Å². The number of hydrogen-bond acceptors (Lipinski definition) is 6. The van der Waals surface area contributed by atoms with Crippen LogP contribution < -0.4 is 10.6 Å². The Morgan fingerprint density at radius 1 is 1.21 bits per heavy atom. The number of nitrogens with zero attached hydrogens (tertiary/aromatic N) is 3. The van der Waals surface area contributed by atoms with Crippen LogP contribution in [0, 0.1) is 10.1 Å². The second-order valence-corrected chi connectivity index (χ2v) is 7.43. The first-order chi connectivity index (χ1) is 13.7. The Bertz CT molecular complexity index is 758. The number of nitro benzene ring substituents is 1. The summed E-state index contributed by atoms with van der Waals surface area (Å²) in [6, 6.07) is 10.6. The summed E-state index contributed by atoms with van der Waals surface area (Å²) >= 11 is 1.70. The summed E-state index contributed by atoms with van der Waals surface area (Å²) < 4.78 is 5.38. The number of aliphatic imine (C=N–C) groups is 1. The highest BCUT2D eigenvalue weighted by Gasteiger charge is 2.10. The molecule has 8 nitrogen and oxygen atoms in total. The largest absolute Gasteiger partial charge is 0.379 e. The van der Waals surface area contributed by atoms with Crippen molar-refractivity contribution in [2.45, 2.75) is 13.1 Å². The molecule has 0 bridgehead atoms. The van der Waals surface area contributed by atoms with Crippen molar-refractivity contribution in [3.05, 3.63) is 62.3 Å². The molecule has 9 heteroatoms. The highest BCUT2D eigenvalue weighted by atomic mass is 32.1. The maximum Gasteiger partial charge on any atom is 0.269 e. The van der Waals surface area contributed by atoms with Gasteiger partial charge in [-0.15, -0.1) is 11.3 Å². The van der Waals surface area contributed by atoms with E-state index in [0.717, 1.165) is 50.9 Å². The number of guanidine groups is 1. The number of nitro groups is 1. The Labute approximate surface area is 168 Å². The van der Waals surface area contributed by atoms with Gasteiger partial charge in [-0.3, -0.25) is 15.0 Å². The molecule has 2 heterocycles. The quantitative estimate of drug-likeness (QED) is 0.304. The predicted octanol–water partition coefficient (Wildman–Crippen LogP) is 2.22. The number of morpholine rings is 1. The lowest BCUT2D eigenvalue weighted by Crippen LogP contribution is -2.44. The van der Waals surface area contributed by atoms with Gasteiger partial charge in [-0.2, -0.15) is 0 Å². The van der Waals surface area contributed by atoms with E-state index < -0.39 is 4.92 Å². The van der Waals surface area contributed by atoms with Crippen molar-refractivity contribution in [3.63, 3.8) is 0 Å². The molecule has 1 saturated heterocycles. The fourth-order valence-electron chi connectivity index (χ4n) is 2.81. The van der Waals surface area contributed by atoms with Gasteiger partial charge < -0.3 is 15.4 Å². The lowest BCUT2D eigenvalue weighted by Gasteiger charge is -2.26. The number of ether oxygens (including phenoxy) is 1. The van der Waals surface area contributed by atoms with Gasteiger partial charge in [0.2, 0.25) is 0 Å². The van der Waals surface area contributed by atoms with E-state index in [1.807, 2.05) is 6.07 Å². The molecule has 1 aromatic carbocycles. The van der Waals surface area contributed by atoms with E-state index in [9.17, 15) is 10.1 Å². The first-order valence-electron chi connectivity index (χ1n) is 9.29. The normalized spacial score (nSPS) is 15.4. The minimum Gasteiger partial charge on any atom is -0.379 e. The van der Waals surface area contributed by atoms with Crippen molar-refractivity contribution >= 4 is 23.0 Å². The topological polar surface area (TPSA) is 92.0 Å². The zero-order valence-corrected chi connectivity index (χ0v) is 16.5. The lowest BCUT2D eigenvalue weighted by atomic mass is 10.2. The monoisotopic (exact) mass is 403 g/mol. The summed E-state index contributed by atoms with van der Waals surface area (Å²) in [7, 11) is 0. The van der Waals surface area contributed by atoms with Crippen LogP contribution in [0.25, 0.3) is 0 Å². The zero-order chi connectivity index (χ0) is 19.6. The molecule has 1 fully saturated rings. The first-order valence-corrected chi connectivity index (χ1v) is 10.2. The van der Waals surface area contributed by atoms with E-state index in [4.69, 9.17) is 4.74 Å². The number of nitrogens with one attached hydrogen (secondary N) is 2. The summed E-state index contributed by atoms with van der Waals surface area (Å²) in [4.78, 5) is 18.6. The smallest absolute Gasteiger partial charge is 0.269 e. The molecule has 0 amide bonds. The van der Waals surface area contributed by atoms with Crippen molar-refractivity contribution in [3.8, 4) is 0 Å². The molecule has 1 aliphatic rings. The SMILES string of the molecule is O=[N+]([O-])c1ccc(CN=C(NCCN2CCOCC2)NCc2cccs2)cc1. The van der Waals surface area contributed by atoms with Gasteiger partial charge >= 0.3 is 0 Å². The van der Waals surface area contributed by atoms with E-state index >= 15 is 0 Å². The van der Waals surface area contributed by atoms with Crippen LogP contribution in [0.3, 0.4) is 0 Å². The molecule has 1 aromatic heterocycles. The summed E-state index contributed by atoms with van der Waals surface area (Å²) in [6.45, 7) is 6.38. The minimum atomic E-state index is -0.395. The molecule has 1 aliphatic heterocycles. The second kappa shape index (κ2) is 10.7.